The minimum atomic E-state index is -5.19. The first-order valence-electron chi connectivity index (χ1n) is 10.1. The fourth-order valence-electron chi connectivity index (χ4n) is 3.04. The molecule has 0 spiro atoms. The first kappa shape index (κ1) is 26.8. The van der Waals surface area contributed by atoms with Crippen LogP contribution in [0.15, 0.2) is 36.4 Å². The van der Waals surface area contributed by atoms with E-state index in [1.54, 1.807) is 30.3 Å². The smallest absolute Gasteiger partial charge is 0.430 e. The third-order valence-electron chi connectivity index (χ3n) is 4.51. The quantitative estimate of drug-likeness (QED) is 0.287. The molecule has 2 aromatic carbocycles. The lowest BCUT2D eigenvalue weighted by Gasteiger charge is -2.21. The second-order valence-corrected chi connectivity index (χ2v) is 6.88. The highest BCUT2D eigenvalue weighted by atomic mass is 19.4. The molecule has 0 atom stereocenters. The van der Waals surface area contributed by atoms with Gasteiger partial charge in [-0.15, -0.1) is 0 Å². The molecule has 184 valence electrons. The summed E-state index contributed by atoms with van der Waals surface area (Å²) in [5.41, 5.74) is 5.11. The molecule has 12 heteroatoms. The first-order valence-corrected chi connectivity index (χ1v) is 10.1. The molecule has 0 amide bonds. The zero-order valence-electron chi connectivity index (χ0n) is 17.9. The molecule has 5 N–H and O–H groups in total. The summed E-state index contributed by atoms with van der Waals surface area (Å²) in [4.78, 5) is 34.4. The summed E-state index contributed by atoms with van der Waals surface area (Å²) >= 11 is 0. The molecular weight excluding hydrogens is 461 g/mol. The standard InChI is InChI=1S/C20H22N2O5.C2HF3O2/c21-7-9-26-11-12-27-10-8-22-15-5-6-16(23)18-17(15)19(24)13-3-1-2-4-14(13)20(18)25;3-2(4,5)1(6)7/h1-6,22-23H,7-12,21H2;(H,6,7). The topological polar surface area (TPSA) is 153 Å². The fraction of sp³-hybridized carbons (Fsp3) is 0.318. The maximum Gasteiger partial charge on any atom is 0.430 e. The number of ketones is 2. The van der Waals surface area contributed by atoms with Crippen molar-refractivity contribution in [1.29, 1.82) is 0 Å². The van der Waals surface area contributed by atoms with Crippen molar-refractivity contribution in [3.05, 3.63) is 58.7 Å². The summed E-state index contributed by atoms with van der Waals surface area (Å²) in [7, 11) is 0. The number of aromatic hydroxyl groups is 1. The van der Waals surface area contributed by atoms with Crippen LogP contribution in [0.5, 0.6) is 5.75 Å². The number of alkyl halides is 3. The van der Waals surface area contributed by atoms with Crippen molar-refractivity contribution < 1.29 is 53.0 Å². The molecule has 0 unspecified atom stereocenters. The molecule has 34 heavy (non-hydrogen) atoms. The number of rotatable bonds is 9. The molecule has 1 aliphatic rings. The highest BCUT2D eigenvalue weighted by molar-refractivity contribution is 6.31. The number of carbonyl (C=O) groups excluding carboxylic acids is 3. The van der Waals surface area contributed by atoms with Crippen molar-refractivity contribution >= 4 is 23.2 Å². The van der Waals surface area contributed by atoms with Gasteiger partial charge in [-0.3, -0.25) is 9.59 Å². The summed E-state index contributed by atoms with van der Waals surface area (Å²) in [5, 5.41) is 22.1. The molecule has 3 rings (SSSR count). The Kier molecular flexibility index (Phi) is 9.54. The van der Waals surface area contributed by atoms with Crippen molar-refractivity contribution in [2.24, 2.45) is 0 Å². The van der Waals surface area contributed by atoms with E-state index in [0.717, 1.165) is 6.54 Å². The Morgan fingerprint density at radius 3 is 2.00 bits per heavy atom. The van der Waals surface area contributed by atoms with Gasteiger partial charge in [0.25, 0.3) is 0 Å². The van der Waals surface area contributed by atoms with Gasteiger partial charge >= 0.3 is 6.18 Å². The number of hydrogen-bond donors (Lipinski definition) is 3. The van der Waals surface area contributed by atoms with E-state index >= 15 is 0 Å². The van der Waals surface area contributed by atoms with Gasteiger partial charge in [-0.05, 0) is 12.1 Å². The number of ether oxygens (including phenoxy) is 2. The molecule has 0 radical (unpaired) electrons. The SMILES string of the molecule is O=C([O-])C(F)(F)F.[NH3+]CCOCCOCCNc1ccc(O)c2c1C(=O)c1ccccc1C2=O. The number of carboxylic acid groups (broad SMARTS) is 1. The van der Waals surface area contributed by atoms with Crippen LogP contribution in [-0.2, 0) is 14.3 Å². The fourth-order valence-corrected chi connectivity index (χ4v) is 3.04. The van der Waals surface area contributed by atoms with E-state index in [4.69, 9.17) is 19.4 Å². The Balaban J connectivity index is 0.000000509. The molecule has 0 saturated carbocycles. The summed E-state index contributed by atoms with van der Waals surface area (Å²) in [6.45, 7) is 3.19. The van der Waals surface area contributed by atoms with Gasteiger partial charge in [0, 0.05) is 23.4 Å². The average Bonchev–Trinajstić information content (AvgIpc) is 2.79. The van der Waals surface area contributed by atoms with E-state index in [1.165, 1.54) is 6.07 Å². The van der Waals surface area contributed by atoms with Crippen LogP contribution in [0.25, 0.3) is 0 Å². The number of carboxylic acids is 1. The van der Waals surface area contributed by atoms with Crippen LogP contribution in [-0.4, -0.2) is 68.3 Å². The molecule has 0 saturated heterocycles. The zero-order chi connectivity index (χ0) is 25.3. The summed E-state index contributed by atoms with van der Waals surface area (Å²) in [5.74, 6) is -3.82. The molecule has 0 aromatic heterocycles. The van der Waals surface area contributed by atoms with Crippen LogP contribution >= 0.6 is 0 Å². The van der Waals surface area contributed by atoms with Crippen molar-refractivity contribution in [2.75, 3.05) is 44.8 Å². The number of aliphatic carboxylic acids is 1. The van der Waals surface area contributed by atoms with Crippen LogP contribution in [0.1, 0.15) is 31.8 Å². The lowest BCUT2D eigenvalue weighted by Crippen LogP contribution is -2.52. The summed E-state index contributed by atoms with van der Waals surface area (Å²) < 4.78 is 42.3. The van der Waals surface area contributed by atoms with Gasteiger partial charge in [-0.1, -0.05) is 24.3 Å². The number of quaternary nitrogens is 1. The van der Waals surface area contributed by atoms with Gasteiger partial charge in [-0.25, -0.2) is 0 Å². The maximum absolute atomic E-state index is 12.9. The Labute approximate surface area is 192 Å². The summed E-state index contributed by atoms with van der Waals surface area (Å²) in [6.07, 6.45) is -5.19. The molecular formula is C22H23F3N2O7. The molecule has 0 fully saturated rings. The lowest BCUT2D eigenvalue weighted by molar-refractivity contribution is -0.374. The molecule has 1 aliphatic carbocycles. The molecule has 0 heterocycles. The largest absolute Gasteiger partial charge is 0.542 e. The van der Waals surface area contributed by atoms with E-state index in [0.29, 0.717) is 49.8 Å². The molecule has 2 aromatic rings. The van der Waals surface area contributed by atoms with Crippen molar-refractivity contribution in [3.63, 3.8) is 0 Å². The van der Waals surface area contributed by atoms with Gasteiger partial charge in [0.1, 0.15) is 11.7 Å². The van der Waals surface area contributed by atoms with Gasteiger partial charge in [-0.2, -0.15) is 13.2 Å². The number of hydrogen-bond acceptors (Lipinski definition) is 8. The van der Waals surface area contributed by atoms with E-state index < -0.39 is 12.1 Å². The third-order valence-corrected chi connectivity index (χ3v) is 4.51. The predicted molar refractivity (Wildman–Crippen MR) is 110 cm³/mol. The van der Waals surface area contributed by atoms with Crippen LogP contribution < -0.4 is 16.2 Å². The number of carbonyl (C=O) groups is 3. The van der Waals surface area contributed by atoms with E-state index in [2.05, 4.69) is 11.1 Å². The van der Waals surface area contributed by atoms with E-state index in [9.17, 15) is 27.9 Å². The number of nitrogens with one attached hydrogen (secondary N) is 1. The molecule has 0 bridgehead atoms. The Hall–Kier alpha value is -3.48. The van der Waals surface area contributed by atoms with Crippen LogP contribution in [0.4, 0.5) is 18.9 Å². The number of fused-ring (bicyclic) bond motifs is 2. The van der Waals surface area contributed by atoms with Crippen LogP contribution in [0.2, 0.25) is 0 Å². The maximum atomic E-state index is 12.9. The second kappa shape index (κ2) is 12.1. The second-order valence-electron chi connectivity index (χ2n) is 6.88. The highest BCUT2D eigenvalue weighted by Gasteiger charge is 2.33. The monoisotopic (exact) mass is 484 g/mol. The van der Waals surface area contributed by atoms with Gasteiger partial charge in [0.15, 0.2) is 11.6 Å². The first-order chi connectivity index (χ1) is 16.1. The van der Waals surface area contributed by atoms with Crippen LogP contribution in [0, 0.1) is 0 Å². The molecule has 9 nitrogen and oxygen atoms in total. The lowest BCUT2D eigenvalue weighted by atomic mass is 9.82. The minimum Gasteiger partial charge on any atom is -0.542 e. The zero-order valence-corrected chi connectivity index (χ0v) is 17.9. The Bertz CT molecular complexity index is 1040. The number of phenols is 1. The van der Waals surface area contributed by atoms with Crippen molar-refractivity contribution in [1.82, 2.24) is 0 Å². The van der Waals surface area contributed by atoms with Crippen molar-refractivity contribution in [3.8, 4) is 5.75 Å². The highest BCUT2D eigenvalue weighted by Crippen LogP contribution is 2.36. The predicted octanol–water partition coefficient (Wildman–Crippen LogP) is 0.153. The minimum absolute atomic E-state index is 0.0474. The van der Waals surface area contributed by atoms with E-state index in [-0.39, 0.29) is 28.4 Å². The van der Waals surface area contributed by atoms with E-state index in [1.807, 2.05) is 0 Å². The number of benzene rings is 2. The summed E-state index contributed by atoms with van der Waals surface area (Å²) in [6, 6.07) is 9.67. The van der Waals surface area contributed by atoms with Crippen LogP contribution in [0.3, 0.4) is 0 Å². The van der Waals surface area contributed by atoms with Gasteiger partial charge in [0.05, 0.1) is 44.1 Å². The number of anilines is 1. The normalized spacial score (nSPS) is 12.4. The third kappa shape index (κ3) is 6.76. The number of phenolic OH excluding ortho intramolecular Hbond substituents is 1. The number of halogens is 3. The van der Waals surface area contributed by atoms with Crippen molar-refractivity contribution in [2.45, 2.75) is 6.18 Å². The molecule has 0 aliphatic heterocycles. The average molecular weight is 484 g/mol. The van der Waals surface area contributed by atoms with Gasteiger partial charge < -0.3 is 35.5 Å². The Morgan fingerprint density at radius 2 is 1.47 bits per heavy atom. The van der Waals surface area contributed by atoms with Gasteiger partial charge in [0.2, 0.25) is 0 Å². The Morgan fingerprint density at radius 1 is 0.941 bits per heavy atom.